The summed E-state index contributed by atoms with van der Waals surface area (Å²) >= 11 is 11.6. The molecule has 2 heterocycles. The number of carbonyl (C=O) groups excluding carboxylic acids is 2. The minimum atomic E-state index is -0.425. The van der Waals surface area contributed by atoms with E-state index in [2.05, 4.69) is 20.8 Å². The van der Waals surface area contributed by atoms with Crippen LogP contribution in [-0.2, 0) is 0 Å². The molecule has 1 aliphatic heterocycles. The number of carbonyl (C=O) groups is 2. The molecular weight excluding hydrogens is 303 g/mol. The van der Waals surface area contributed by atoms with Crippen LogP contribution in [0.2, 0.25) is 10.3 Å². The quantitative estimate of drug-likeness (QED) is 0.832. The van der Waals surface area contributed by atoms with Crippen molar-refractivity contribution in [3.63, 3.8) is 0 Å². The van der Waals surface area contributed by atoms with Crippen LogP contribution in [0.4, 0.5) is 11.4 Å². The number of hydrogen-bond donors (Lipinski definition) is 2. The molecule has 1 aromatic heterocycles. The number of rotatable bonds is 2. The van der Waals surface area contributed by atoms with Crippen LogP contribution in [0.1, 0.15) is 20.7 Å². The number of halogens is 2. The number of anilines is 2. The fourth-order valence-corrected chi connectivity index (χ4v) is 2.13. The average molecular weight is 309 g/mol. The summed E-state index contributed by atoms with van der Waals surface area (Å²) in [6.07, 6.45) is 0. The van der Waals surface area contributed by atoms with Crippen molar-refractivity contribution < 1.29 is 9.59 Å². The van der Waals surface area contributed by atoms with Crippen LogP contribution in [0, 0.1) is 0 Å². The molecule has 8 heteroatoms. The molecule has 0 aliphatic carbocycles. The topological polar surface area (TPSA) is 84.0 Å². The summed E-state index contributed by atoms with van der Waals surface area (Å²) in [5.41, 5.74) is 1.69. The van der Waals surface area contributed by atoms with E-state index in [0.717, 1.165) is 0 Å². The summed E-state index contributed by atoms with van der Waals surface area (Å²) in [5, 5.41) is 12.8. The SMILES string of the molecule is O=C1NC(=O)c2cc(Nc3cc(Cl)nnc3Cl)ccc21. The van der Waals surface area contributed by atoms with Crippen LogP contribution in [0.15, 0.2) is 24.3 Å². The third kappa shape index (κ3) is 2.19. The van der Waals surface area contributed by atoms with Gasteiger partial charge in [0.2, 0.25) is 0 Å². The number of nitrogens with one attached hydrogen (secondary N) is 2. The Hall–Kier alpha value is -2.18. The van der Waals surface area contributed by atoms with Gasteiger partial charge in [0.15, 0.2) is 10.3 Å². The molecule has 3 rings (SSSR count). The Morgan fingerprint density at radius 2 is 1.75 bits per heavy atom. The van der Waals surface area contributed by atoms with Crippen molar-refractivity contribution in [2.24, 2.45) is 0 Å². The zero-order valence-corrected chi connectivity index (χ0v) is 11.3. The van der Waals surface area contributed by atoms with E-state index in [1.54, 1.807) is 18.2 Å². The van der Waals surface area contributed by atoms with Gasteiger partial charge in [-0.3, -0.25) is 14.9 Å². The molecule has 20 heavy (non-hydrogen) atoms. The van der Waals surface area contributed by atoms with Gasteiger partial charge in [0.1, 0.15) is 0 Å². The summed E-state index contributed by atoms with van der Waals surface area (Å²) < 4.78 is 0. The van der Waals surface area contributed by atoms with Gasteiger partial charge in [-0.15, -0.1) is 10.2 Å². The highest BCUT2D eigenvalue weighted by molar-refractivity contribution is 6.33. The van der Waals surface area contributed by atoms with Gasteiger partial charge in [0.05, 0.1) is 16.8 Å². The maximum absolute atomic E-state index is 11.6. The molecule has 0 saturated heterocycles. The fraction of sp³-hybridized carbons (Fsp3) is 0. The molecule has 0 bridgehead atoms. The number of benzene rings is 1. The maximum Gasteiger partial charge on any atom is 0.259 e. The van der Waals surface area contributed by atoms with Gasteiger partial charge >= 0.3 is 0 Å². The number of nitrogens with zero attached hydrogens (tertiary/aromatic N) is 2. The van der Waals surface area contributed by atoms with E-state index in [-0.39, 0.29) is 10.3 Å². The number of hydrogen-bond acceptors (Lipinski definition) is 5. The lowest BCUT2D eigenvalue weighted by Crippen LogP contribution is -2.19. The Morgan fingerprint density at radius 3 is 2.55 bits per heavy atom. The lowest BCUT2D eigenvalue weighted by Gasteiger charge is -2.08. The molecular formula is C12H6Cl2N4O2. The molecule has 0 saturated carbocycles. The van der Waals surface area contributed by atoms with Crippen molar-refractivity contribution in [1.82, 2.24) is 15.5 Å². The highest BCUT2D eigenvalue weighted by Gasteiger charge is 2.26. The molecule has 1 aliphatic rings. The highest BCUT2D eigenvalue weighted by Crippen LogP contribution is 2.27. The Morgan fingerprint density at radius 1 is 1.00 bits per heavy atom. The standard InChI is InChI=1S/C12H6Cl2N4O2/c13-9-4-8(10(14)18-17-9)15-5-1-2-6-7(3-5)12(20)16-11(6)19/h1-4H,(H,15,17)(H,16,19,20). The third-order valence-electron chi connectivity index (χ3n) is 2.73. The van der Waals surface area contributed by atoms with Gasteiger partial charge in [0, 0.05) is 11.8 Å². The lowest BCUT2D eigenvalue weighted by atomic mass is 10.1. The number of amides is 2. The summed E-state index contributed by atoms with van der Waals surface area (Å²) in [6, 6.07) is 6.28. The zero-order chi connectivity index (χ0) is 14.3. The maximum atomic E-state index is 11.6. The van der Waals surface area contributed by atoms with Gasteiger partial charge in [-0.2, -0.15) is 0 Å². The predicted octanol–water partition coefficient (Wildman–Crippen LogP) is 2.41. The van der Waals surface area contributed by atoms with Crippen LogP contribution in [0.25, 0.3) is 0 Å². The zero-order valence-electron chi connectivity index (χ0n) is 9.78. The van der Waals surface area contributed by atoms with Crippen LogP contribution in [-0.4, -0.2) is 22.0 Å². The summed E-state index contributed by atoms with van der Waals surface area (Å²) in [5.74, 6) is -0.825. The van der Waals surface area contributed by atoms with E-state index in [4.69, 9.17) is 23.2 Å². The molecule has 0 fully saturated rings. The first-order chi connectivity index (χ1) is 9.54. The second-order valence-electron chi connectivity index (χ2n) is 4.04. The minimum absolute atomic E-state index is 0.149. The van der Waals surface area contributed by atoms with E-state index in [1.165, 1.54) is 6.07 Å². The highest BCUT2D eigenvalue weighted by atomic mass is 35.5. The minimum Gasteiger partial charge on any atom is -0.353 e. The van der Waals surface area contributed by atoms with Gasteiger partial charge in [0.25, 0.3) is 11.8 Å². The van der Waals surface area contributed by atoms with Crippen LogP contribution in [0.3, 0.4) is 0 Å². The largest absolute Gasteiger partial charge is 0.353 e. The third-order valence-corrected chi connectivity index (χ3v) is 3.20. The van der Waals surface area contributed by atoms with Crippen molar-refractivity contribution in [3.05, 3.63) is 45.7 Å². The number of imide groups is 1. The first-order valence-electron chi connectivity index (χ1n) is 5.50. The van der Waals surface area contributed by atoms with Crippen LogP contribution >= 0.6 is 23.2 Å². The van der Waals surface area contributed by atoms with E-state index < -0.39 is 11.8 Å². The normalized spacial score (nSPS) is 13.1. The van der Waals surface area contributed by atoms with Gasteiger partial charge in [-0.1, -0.05) is 23.2 Å². The molecule has 0 spiro atoms. The van der Waals surface area contributed by atoms with Crippen molar-refractivity contribution in [1.29, 1.82) is 0 Å². The van der Waals surface area contributed by atoms with Crippen molar-refractivity contribution in [3.8, 4) is 0 Å². The Bertz CT molecular complexity index is 748. The summed E-state index contributed by atoms with van der Waals surface area (Å²) in [4.78, 5) is 23.0. The van der Waals surface area contributed by atoms with Crippen molar-refractivity contribution in [2.45, 2.75) is 0 Å². The summed E-state index contributed by atoms with van der Waals surface area (Å²) in [6.45, 7) is 0. The molecule has 6 nitrogen and oxygen atoms in total. The van der Waals surface area contributed by atoms with Crippen LogP contribution in [0.5, 0.6) is 0 Å². The molecule has 100 valence electrons. The van der Waals surface area contributed by atoms with E-state index in [9.17, 15) is 9.59 Å². The Balaban J connectivity index is 1.97. The lowest BCUT2D eigenvalue weighted by molar-refractivity contribution is 0.0879. The van der Waals surface area contributed by atoms with Gasteiger partial charge in [-0.25, -0.2) is 0 Å². The first kappa shape index (κ1) is 12.8. The molecule has 0 atom stereocenters. The second kappa shape index (κ2) is 4.73. The van der Waals surface area contributed by atoms with E-state index >= 15 is 0 Å². The molecule has 2 aromatic rings. The van der Waals surface area contributed by atoms with Crippen molar-refractivity contribution in [2.75, 3.05) is 5.32 Å². The molecule has 2 amide bonds. The van der Waals surface area contributed by atoms with Gasteiger partial charge < -0.3 is 5.32 Å². The van der Waals surface area contributed by atoms with Crippen LogP contribution < -0.4 is 10.6 Å². The molecule has 0 unspecified atom stereocenters. The smallest absolute Gasteiger partial charge is 0.259 e. The average Bonchev–Trinajstić information content (AvgIpc) is 2.69. The van der Waals surface area contributed by atoms with Crippen molar-refractivity contribution >= 4 is 46.4 Å². The molecule has 0 radical (unpaired) electrons. The Labute approximate surface area is 123 Å². The summed E-state index contributed by atoms with van der Waals surface area (Å²) in [7, 11) is 0. The van der Waals surface area contributed by atoms with Gasteiger partial charge in [-0.05, 0) is 18.2 Å². The fourth-order valence-electron chi connectivity index (χ4n) is 1.84. The second-order valence-corrected chi connectivity index (χ2v) is 4.79. The van der Waals surface area contributed by atoms with E-state index in [0.29, 0.717) is 22.5 Å². The van der Waals surface area contributed by atoms with E-state index in [1.807, 2.05) is 0 Å². The molecule has 2 N–H and O–H groups in total. The Kier molecular flexibility index (Phi) is 3.04. The monoisotopic (exact) mass is 308 g/mol. The predicted molar refractivity (Wildman–Crippen MR) is 73.6 cm³/mol. The number of fused-ring (bicyclic) bond motifs is 1. The first-order valence-corrected chi connectivity index (χ1v) is 6.25. The number of aromatic nitrogens is 2. The molecule has 1 aromatic carbocycles.